The van der Waals surface area contributed by atoms with Crippen LogP contribution in [-0.4, -0.2) is 11.6 Å². The molecular formula is C17H18N2O2. The molecule has 0 radical (unpaired) electrons. The van der Waals surface area contributed by atoms with Crippen molar-refractivity contribution in [1.29, 1.82) is 0 Å². The second kappa shape index (κ2) is 6.41. The van der Waals surface area contributed by atoms with Gasteiger partial charge in [-0.3, -0.25) is 0 Å². The fourth-order valence-corrected chi connectivity index (χ4v) is 2.26. The van der Waals surface area contributed by atoms with Gasteiger partial charge in [-0.2, -0.15) is 0 Å². The van der Waals surface area contributed by atoms with Crippen molar-refractivity contribution in [2.45, 2.75) is 19.4 Å². The van der Waals surface area contributed by atoms with E-state index >= 15 is 0 Å². The molecular weight excluding hydrogens is 264 g/mol. The quantitative estimate of drug-likeness (QED) is 0.554. The molecule has 0 unspecified atom stereocenters. The Bertz CT molecular complexity index is 707. The first-order chi connectivity index (χ1) is 10.3. The number of hydrogen-bond donors (Lipinski definition) is 1. The molecule has 0 fully saturated rings. The number of hydrogen-bond acceptors (Lipinski definition) is 4. The van der Waals surface area contributed by atoms with E-state index in [1.807, 2.05) is 24.3 Å². The summed E-state index contributed by atoms with van der Waals surface area (Å²) in [6.07, 6.45) is 1.99. The van der Waals surface area contributed by atoms with Gasteiger partial charge in [-0.15, -0.1) is 0 Å². The summed E-state index contributed by atoms with van der Waals surface area (Å²) in [7, 11) is 0. The van der Waals surface area contributed by atoms with E-state index in [-0.39, 0.29) is 0 Å². The zero-order chi connectivity index (χ0) is 14.5. The molecule has 0 saturated heterocycles. The highest BCUT2D eigenvalue weighted by atomic mass is 16.5. The Morgan fingerprint density at radius 2 is 1.90 bits per heavy atom. The molecule has 0 aliphatic carbocycles. The van der Waals surface area contributed by atoms with E-state index in [4.69, 9.17) is 14.9 Å². The van der Waals surface area contributed by atoms with Gasteiger partial charge in [0.25, 0.3) is 0 Å². The largest absolute Gasteiger partial charge is 0.438 e. The van der Waals surface area contributed by atoms with E-state index in [0.717, 1.165) is 12.8 Å². The van der Waals surface area contributed by atoms with Gasteiger partial charge in [0, 0.05) is 6.61 Å². The van der Waals surface area contributed by atoms with Gasteiger partial charge in [-0.25, -0.2) is 4.98 Å². The molecule has 0 atom stereocenters. The van der Waals surface area contributed by atoms with Crippen LogP contribution >= 0.6 is 0 Å². The third-order valence-electron chi connectivity index (χ3n) is 3.32. The maximum Gasteiger partial charge on any atom is 0.221 e. The van der Waals surface area contributed by atoms with E-state index in [9.17, 15) is 0 Å². The highest BCUT2D eigenvalue weighted by Gasteiger charge is 2.07. The minimum atomic E-state index is 0.378. The molecule has 0 spiro atoms. The number of rotatable bonds is 6. The van der Waals surface area contributed by atoms with Crippen LogP contribution in [0.5, 0.6) is 0 Å². The van der Waals surface area contributed by atoms with Crippen molar-refractivity contribution in [2.24, 2.45) is 0 Å². The molecule has 0 amide bonds. The van der Waals surface area contributed by atoms with Crippen molar-refractivity contribution in [3.63, 3.8) is 0 Å². The third-order valence-corrected chi connectivity index (χ3v) is 3.32. The average molecular weight is 282 g/mol. The first-order valence-corrected chi connectivity index (χ1v) is 7.08. The first-order valence-electron chi connectivity index (χ1n) is 7.08. The van der Waals surface area contributed by atoms with E-state index in [0.29, 0.717) is 35.9 Å². The minimum absolute atomic E-state index is 0.378. The second-order valence-corrected chi connectivity index (χ2v) is 4.94. The molecule has 108 valence electrons. The van der Waals surface area contributed by atoms with E-state index in [1.165, 1.54) is 5.56 Å². The van der Waals surface area contributed by atoms with Crippen LogP contribution in [0.25, 0.3) is 11.1 Å². The lowest BCUT2D eigenvalue weighted by Gasteiger charge is -2.02. The van der Waals surface area contributed by atoms with Gasteiger partial charge in [-0.1, -0.05) is 36.4 Å². The predicted molar refractivity (Wildman–Crippen MR) is 82.8 cm³/mol. The van der Waals surface area contributed by atoms with Crippen LogP contribution in [0.1, 0.15) is 17.9 Å². The van der Waals surface area contributed by atoms with Crippen LogP contribution in [0.4, 0.5) is 5.69 Å². The summed E-state index contributed by atoms with van der Waals surface area (Å²) in [4.78, 5) is 4.35. The van der Waals surface area contributed by atoms with Gasteiger partial charge in [0.05, 0.1) is 5.69 Å². The Hall–Kier alpha value is -2.33. The summed E-state index contributed by atoms with van der Waals surface area (Å²) in [5, 5.41) is 0. The Balaban J connectivity index is 1.47. The number of para-hydroxylation sites is 1. The van der Waals surface area contributed by atoms with Crippen molar-refractivity contribution in [2.75, 3.05) is 12.3 Å². The summed E-state index contributed by atoms with van der Waals surface area (Å²) in [5.41, 5.74) is 9.22. The number of fused-ring (bicyclic) bond motifs is 1. The first kappa shape index (κ1) is 13.6. The van der Waals surface area contributed by atoms with Crippen LogP contribution in [0, 0.1) is 0 Å². The topological polar surface area (TPSA) is 61.3 Å². The number of anilines is 1. The van der Waals surface area contributed by atoms with E-state index < -0.39 is 0 Å². The van der Waals surface area contributed by atoms with Crippen LogP contribution < -0.4 is 5.73 Å². The lowest BCUT2D eigenvalue weighted by molar-refractivity contribution is 0.102. The van der Waals surface area contributed by atoms with E-state index in [2.05, 4.69) is 29.2 Å². The van der Waals surface area contributed by atoms with Crippen LogP contribution in [0.2, 0.25) is 0 Å². The van der Waals surface area contributed by atoms with Crippen molar-refractivity contribution in [3.05, 3.63) is 60.0 Å². The summed E-state index contributed by atoms with van der Waals surface area (Å²) < 4.78 is 11.2. The Labute approximate surface area is 123 Å². The fraction of sp³-hybridized carbons (Fsp3) is 0.235. The Kier molecular flexibility index (Phi) is 4.17. The summed E-state index contributed by atoms with van der Waals surface area (Å²) in [5.74, 6) is 0.572. The molecule has 4 heteroatoms. The second-order valence-electron chi connectivity index (χ2n) is 4.94. The number of oxazole rings is 1. The van der Waals surface area contributed by atoms with E-state index in [1.54, 1.807) is 0 Å². The molecule has 1 heterocycles. The van der Waals surface area contributed by atoms with Gasteiger partial charge < -0.3 is 14.9 Å². The monoisotopic (exact) mass is 282 g/mol. The lowest BCUT2D eigenvalue weighted by atomic mass is 10.1. The Morgan fingerprint density at radius 1 is 1.05 bits per heavy atom. The highest BCUT2D eigenvalue weighted by molar-refractivity contribution is 5.85. The van der Waals surface area contributed by atoms with Gasteiger partial charge in [0.15, 0.2) is 5.58 Å². The molecule has 4 nitrogen and oxygen atoms in total. The number of nitrogens with two attached hydrogens (primary N) is 1. The molecule has 0 aliphatic heterocycles. The molecule has 0 saturated carbocycles. The smallest absolute Gasteiger partial charge is 0.221 e. The SMILES string of the molecule is Nc1cccc2oc(COCCCc3ccccc3)nc12. The van der Waals surface area contributed by atoms with Crippen molar-refractivity contribution < 1.29 is 9.15 Å². The van der Waals surface area contributed by atoms with Crippen molar-refractivity contribution >= 4 is 16.8 Å². The molecule has 0 aliphatic rings. The maximum absolute atomic E-state index is 5.85. The number of nitrogen functional groups attached to an aromatic ring is 1. The molecule has 1 aromatic heterocycles. The maximum atomic E-state index is 5.85. The number of aryl methyl sites for hydroxylation is 1. The van der Waals surface area contributed by atoms with Crippen molar-refractivity contribution in [1.82, 2.24) is 4.98 Å². The van der Waals surface area contributed by atoms with Crippen LogP contribution in [0.15, 0.2) is 52.9 Å². The van der Waals surface area contributed by atoms with Gasteiger partial charge in [0.2, 0.25) is 5.89 Å². The zero-order valence-corrected chi connectivity index (χ0v) is 11.8. The van der Waals surface area contributed by atoms with Crippen LogP contribution in [0.3, 0.4) is 0 Å². The fourth-order valence-electron chi connectivity index (χ4n) is 2.26. The van der Waals surface area contributed by atoms with Gasteiger partial charge in [-0.05, 0) is 30.5 Å². The summed E-state index contributed by atoms with van der Waals surface area (Å²) >= 11 is 0. The normalized spacial score (nSPS) is 11.0. The standard InChI is InChI=1S/C17H18N2O2/c18-14-9-4-10-15-17(14)19-16(21-15)12-20-11-5-8-13-6-2-1-3-7-13/h1-4,6-7,9-10H,5,8,11-12,18H2. The minimum Gasteiger partial charge on any atom is -0.438 e. The van der Waals surface area contributed by atoms with Crippen molar-refractivity contribution in [3.8, 4) is 0 Å². The molecule has 0 bridgehead atoms. The molecule has 3 rings (SSSR count). The number of nitrogens with zero attached hydrogens (tertiary/aromatic N) is 1. The molecule has 21 heavy (non-hydrogen) atoms. The molecule has 3 aromatic rings. The zero-order valence-electron chi connectivity index (χ0n) is 11.8. The van der Waals surface area contributed by atoms with Gasteiger partial charge >= 0.3 is 0 Å². The van der Waals surface area contributed by atoms with Crippen LogP contribution in [-0.2, 0) is 17.8 Å². The predicted octanol–water partition coefficient (Wildman–Crippen LogP) is 3.56. The molecule has 2 N–H and O–H groups in total. The lowest BCUT2D eigenvalue weighted by Crippen LogP contribution is -1.97. The Morgan fingerprint density at radius 3 is 2.71 bits per heavy atom. The average Bonchev–Trinajstić information content (AvgIpc) is 2.92. The number of aromatic nitrogens is 1. The summed E-state index contributed by atoms with van der Waals surface area (Å²) in [6, 6.07) is 15.9. The highest BCUT2D eigenvalue weighted by Crippen LogP contribution is 2.21. The summed E-state index contributed by atoms with van der Waals surface area (Å²) in [6.45, 7) is 1.06. The third kappa shape index (κ3) is 3.41. The van der Waals surface area contributed by atoms with Gasteiger partial charge in [0.1, 0.15) is 12.1 Å². The molecule has 2 aromatic carbocycles. The number of benzene rings is 2. The number of ether oxygens (including phenoxy) is 1.